The summed E-state index contributed by atoms with van der Waals surface area (Å²) in [6, 6.07) is 8.93. The zero-order chi connectivity index (χ0) is 15.7. The predicted molar refractivity (Wildman–Crippen MR) is 85.5 cm³/mol. The Balaban J connectivity index is 2.02. The maximum atomic E-state index is 12.5. The minimum Gasteiger partial charge on any atom is -0.359 e. The van der Waals surface area contributed by atoms with Gasteiger partial charge in [0.25, 0.3) is 0 Å². The van der Waals surface area contributed by atoms with Gasteiger partial charge in [0.05, 0.1) is 27.4 Å². The highest BCUT2D eigenvalue weighted by atomic mass is 32.2. The van der Waals surface area contributed by atoms with E-state index >= 15 is 0 Å². The number of H-pyrrole nitrogens is 1. The molecule has 6 heteroatoms. The van der Waals surface area contributed by atoms with E-state index in [9.17, 15) is 8.42 Å². The first kappa shape index (κ1) is 14.7. The van der Waals surface area contributed by atoms with Crippen LogP contribution in [-0.4, -0.2) is 28.6 Å². The fourth-order valence-corrected chi connectivity index (χ4v) is 3.60. The Hall–Kier alpha value is -2.21. The van der Waals surface area contributed by atoms with Crippen LogP contribution >= 0.6 is 0 Å². The van der Waals surface area contributed by atoms with Gasteiger partial charge in [-0.3, -0.25) is 0 Å². The summed E-state index contributed by atoms with van der Waals surface area (Å²) in [4.78, 5) is 12.2. The Labute approximate surface area is 129 Å². The van der Waals surface area contributed by atoms with Crippen LogP contribution < -0.4 is 0 Å². The number of benzene rings is 1. The highest BCUT2D eigenvalue weighted by Crippen LogP contribution is 2.22. The van der Waals surface area contributed by atoms with E-state index in [-0.39, 0.29) is 0 Å². The molecule has 0 saturated carbocycles. The number of nitrogens with zero attached hydrogens (tertiary/aromatic N) is 2. The molecule has 0 unspecified atom stereocenters. The van der Waals surface area contributed by atoms with Crippen molar-refractivity contribution in [3.8, 4) is 0 Å². The Bertz CT molecular complexity index is 914. The number of fused-ring (bicyclic) bond motifs is 1. The van der Waals surface area contributed by atoms with Gasteiger partial charge in [0.2, 0.25) is 0 Å². The van der Waals surface area contributed by atoms with E-state index in [0.29, 0.717) is 17.1 Å². The second kappa shape index (κ2) is 5.53. The largest absolute Gasteiger partial charge is 0.359 e. The topological polar surface area (TPSA) is 75.7 Å². The molecule has 0 atom stereocenters. The van der Waals surface area contributed by atoms with E-state index in [1.807, 2.05) is 18.2 Å². The van der Waals surface area contributed by atoms with Gasteiger partial charge in [-0.05, 0) is 31.5 Å². The van der Waals surface area contributed by atoms with Crippen LogP contribution in [0, 0.1) is 0 Å². The Morgan fingerprint density at radius 1 is 1.18 bits per heavy atom. The quantitative estimate of drug-likeness (QED) is 0.803. The van der Waals surface area contributed by atoms with Crippen LogP contribution in [0.4, 0.5) is 0 Å². The molecule has 0 aliphatic carbocycles. The lowest BCUT2D eigenvalue weighted by Crippen LogP contribution is -2.16. The van der Waals surface area contributed by atoms with Gasteiger partial charge in [-0.1, -0.05) is 18.2 Å². The summed E-state index contributed by atoms with van der Waals surface area (Å²) < 4.78 is 24.9. The average molecular weight is 315 g/mol. The molecular weight excluding hydrogens is 298 g/mol. The average Bonchev–Trinajstić information content (AvgIpc) is 2.95. The van der Waals surface area contributed by atoms with E-state index in [4.69, 9.17) is 0 Å². The van der Waals surface area contributed by atoms with Crippen LogP contribution in [0.1, 0.15) is 25.2 Å². The van der Waals surface area contributed by atoms with Gasteiger partial charge in [0.1, 0.15) is 5.82 Å². The molecule has 0 aliphatic heterocycles. The van der Waals surface area contributed by atoms with Crippen molar-refractivity contribution >= 4 is 20.9 Å². The zero-order valence-corrected chi connectivity index (χ0v) is 13.3. The number of hydrogen-bond donors (Lipinski definition) is 1. The van der Waals surface area contributed by atoms with Crippen molar-refractivity contribution in [1.29, 1.82) is 0 Å². The smallest absolute Gasteiger partial charge is 0.180 e. The summed E-state index contributed by atoms with van der Waals surface area (Å²) in [7, 11) is -3.32. The lowest BCUT2D eigenvalue weighted by molar-refractivity contribution is 0.586. The van der Waals surface area contributed by atoms with Crippen molar-refractivity contribution < 1.29 is 8.42 Å². The fraction of sp³-hybridized carbons (Fsp3) is 0.250. The van der Waals surface area contributed by atoms with Crippen molar-refractivity contribution in [3.63, 3.8) is 0 Å². The number of sulfone groups is 1. The molecule has 22 heavy (non-hydrogen) atoms. The number of aromatic amines is 1. The maximum absolute atomic E-state index is 12.5. The molecular formula is C16H17N3O2S. The third-order valence-corrected chi connectivity index (χ3v) is 5.85. The summed E-state index contributed by atoms with van der Waals surface area (Å²) >= 11 is 0. The van der Waals surface area contributed by atoms with Gasteiger partial charge in [-0.2, -0.15) is 0 Å². The van der Waals surface area contributed by atoms with Crippen LogP contribution in [0.25, 0.3) is 11.0 Å². The minimum atomic E-state index is -3.32. The highest BCUT2D eigenvalue weighted by molar-refractivity contribution is 7.92. The van der Waals surface area contributed by atoms with Crippen molar-refractivity contribution in [2.75, 3.05) is 0 Å². The minimum absolute atomic E-state index is 0.364. The van der Waals surface area contributed by atoms with Crippen molar-refractivity contribution in [3.05, 3.63) is 54.1 Å². The SMILES string of the molecule is CC(C)S(=O)(=O)c1ccccc1Cc1ncc2[nH]ccc2n1. The van der Waals surface area contributed by atoms with Crippen LogP contribution in [-0.2, 0) is 16.3 Å². The molecule has 0 amide bonds. The standard InChI is InChI=1S/C16H17N3O2S/c1-11(2)22(20,21)15-6-4-3-5-12(15)9-16-18-10-14-13(19-16)7-8-17-14/h3-8,10-11,17H,9H2,1-2H3. The van der Waals surface area contributed by atoms with E-state index in [1.54, 1.807) is 38.4 Å². The third-order valence-electron chi connectivity index (χ3n) is 3.60. The van der Waals surface area contributed by atoms with Gasteiger partial charge in [0, 0.05) is 12.6 Å². The molecule has 0 bridgehead atoms. The van der Waals surface area contributed by atoms with Gasteiger partial charge < -0.3 is 4.98 Å². The van der Waals surface area contributed by atoms with Crippen molar-refractivity contribution in [1.82, 2.24) is 15.0 Å². The molecule has 0 radical (unpaired) electrons. The molecule has 5 nitrogen and oxygen atoms in total. The van der Waals surface area contributed by atoms with Gasteiger partial charge >= 0.3 is 0 Å². The number of aromatic nitrogens is 3. The van der Waals surface area contributed by atoms with E-state index in [2.05, 4.69) is 15.0 Å². The summed E-state index contributed by atoms with van der Waals surface area (Å²) in [5, 5.41) is -0.457. The molecule has 0 aliphatic rings. The summed E-state index contributed by atoms with van der Waals surface area (Å²) in [6.45, 7) is 3.38. The third kappa shape index (κ3) is 2.62. The maximum Gasteiger partial charge on any atom is 0.180 e. The zero-order valence-electron chi connectivity index (χ0n) is 12.4. The van der Waals surface area contributed by atoms with E-state index < -0.39 is 15.1 Å². The van der Waals surface area contributed by atoms with E-state index in [1.165, 1.54) is 0 Å². The van der Waals surface area contributed by atoms with Gasteiger partial charge in [0.15, 0.2) is 9.84 Å². The fourth-order valence-electron chi connectivity index (χ4n) is 2.32. The normalized spacial score (nSPS) is 12.1. The molecule has 1 aromatic carbocycles. The lowest BCUT2D eigenvalue weighted by atomic mass is 10.1. The van der Waals surface area contributed by atoms with E-state index in [0.717, 1.165) is 16.6 Å². The molecule has 2 aromatic heterocycles. The highest BCUT2D eigenvalue weighted by Gasteiger charge is 2.22. The first-order valence-electron chi connectivity index (χ1n) is 7.09. The van der Waals surface area contributed by atoms with Gasteiger partial charge in [-0.25, -0.2) is 18.4 Å². The number of rotatable bonds is 4. The molecule has 3 aromatic rings. The van der Waals surface area contributed by atoms with Crippen LogP contribution in [0.2, 0.25) is 0 Å². The van der Waals surface area contributed by atoms with Crippen molar-refractivity contribution in [2.24, 2.45) is 0 Å². The molecule has 0 fully saturated rings. The van der Waals surface area contributed by atoms with Crippen LogP contribution in [0.15, 0.2) is 47.6 Å². The Morgan fingerprint density at radius 3 is 2.73 bits per heavy atom. The number of hydrogen-bond acceptors (Lipinski definition) is 4. The summed E-state index contributed by atoms with van der Waals surface area (Å²) in [5.41, 5.74) is 2.42. The van der Waals surface area contributed by atoms with Gasteiger partial charge in [-0.15, -0.1) is 0 Å². The second-order valence-corrected chi connectivity index (χ2v) is 7.91. The molecule has 1 N–H and O–H groups in total. The first-order valence-corrected chi connectivity index (χ1v) is 8.64. The second-order valence-electron chi connectivity index (χ2n) is 5.44. The lowest BCUT2D eigenvalue weighted by Gasteiger charge is -2.12. The molecule has 114 valence electrons. The predicted octanol–water partition coefficient (Wildman–Crippen LogP) is 2.73. The van der Waals surface area contributed by atoms with Crippen LogP contribution in [0.5, 0.6) is 0 Å². The van der Waals surface area contributed by atoms with Crippen molar-refractivity contribution in [2.45, 2.75) is 30.4 Å². The Morgan fingerprint density at radius 2 is 1.95 bits per heavy atom. The molecule has 0 saturated heterocycles. The number of nitrogens with one attached hydrogen (secondary N) is 1. The van der Waals surface area contributed by atoms with Crippen LogP contribution in [0.3, 0.4) is 0 Å². The Kier molecular flexibility index (Phi) is 3.70. The molecule has 0 spiro atoms. The molecule has 2 heterocycles. The monoisotopic (exact) mass is 315 g/mol. The summed E-state index contributed by atoms with van der Waals surface area (Å²) in [6.07, 6.45) is 3.92. The first-order chi connectivity index (χ1) is 10.5. The summed E-state index contributed by atoms with van der Waals surface area (Å²) in [5.74, 6) is 0.610. The molecule has 3 rings (SSSR count).